The third kappa shape index (κ3) is 4.69. The van der Waals surface area contributed by atoms with E-state index >= 15 is 0 Å². The van der Waals surface area contributed by atoms with E-state index in [2.05, 4.69) is 10.6 Å². The molecular formula is C20H23N3O4. The molecule has 0 spiro atoms. The van der Waals surface area contributed by atoms with Gasteiger partial charge in [0.15, 0.2) is 0 Å². The summed E-state index contributed by atoms with van der Waals surface area (Å²) in [7, 11) is 3.18. The minimum Gasteiger partial charge on any atom is -0.497 e. The van der Waals surface area contributed by atoms with Crippen molar-refractivity contribution >= 4 is 23.3 Å². The van der Waals surface area contributed by atoms with E-state index < -0.39 is 0 Å². The molecule has 2 N–H and O–H groups in total. The monoisotopic (exact) mass is 369 g/mol. The summed E-state index contributed by atoms with van der Waals surface area (Å²) < 4.78 is 10.3. The second-order valence-electron chi connectivity index (χ2n) is 6.34. The van der Waals surface area contributed by atoms with Crippen LogP contribution in [0.15, 0.2) is 48.5 Å². The lowest BCUT2D eigenvalue weighted by Gasteiger charge is -2.17. The van der Waals surface area contributed by atoms with Crippen LogP contribution in [0, 0.1) is 5.92 Å². The maximum Gasteiger partial charge on any atom is 0.319 e. The molecule has 2 aromatic rings. The summed E-state index contributed by atoms with van der Waals surface area (Å²) in [5.74, 6) is 1.54. The molecule has 27 heavy (non-hydrogen) atoms. The van der Waals surface area contributed by atoms with Crippen molar-refractivity contribution in [3.05, 3.63) is 48.5 Å². The van der Waals surface area contributed by atoms with Crippen molar-refractivity contribution in [2.24, 2.45) is 5.92 Å². The van der Waals surface area contributed by atoms with Gasteiger partial charge in [0.25, 0.3) is 0 Å². The number of hydrogen-bond donors (Lipinski definition) is 2. The van der Waals surface area contributed by atoms with Gasteiger partial charge in [-0.2, -0.15) is 0 Å². The smallest absolute Gasteiger partial charge is 0.319 e. The Balaban J connectivity index is 1.51. The molecule has 1 saturated heterocycles. The summed E-state index contributed by atoms with van der Waals surface area (Å²) in [6, 6.07) is 14.2. The van der Waals surface area contributed by atoms with Crippen LogP contribution in [-0.4, -0.2) is 39.2 Å². The molecule has 3 rings (SSSR count). The van der Waals surface area contributed by atoms with Gasteiger partial charge in [0.2, 0.25) is 5.91 Å². The number of carbonyl (C=O) groups excluding carboxylic acids is 2. The minimum absolute atomic E-state index is 0.0557. The summed E-state index contributed by atoms with van der Waals surface area (Å²) in [6.45, 7) is 0.999. The van der Waals surface area contributed by atoms with Crippen LogP contribution in [0.5, 0.6) is 11.5 Å². The maximum atomic E-state index is 12.3. The third-order valence-electron chi connectivity index (χ3n) is 4.47. The van der Waals surface area contributed by atoms with Crippen molar-refractivity contribution in [2.45, 2.75) is 6.42 Å². The predicted octanol–water partition coefficient (Wildman–Crippen LogP) is 2.88. The molecule has 7 nitrogen and oxygen atoms in total. The number of ether oxygens (including phenoxy) is 2. The van der Waals surface area contributed by atoms with Crippen LogP contribution in [-0.2, 0) is 4.79 Å². The molecule has 142 valence electrons. The Labute approximate surface area is 158 Å². The Morgan fingerprint density at radius 2 is 1.85 bits per heavy atom. The van der Waals surface area contributed by atoms with Gasteiger partial charge >= 0.3 is 6.03 Å². The Kier molecular flexibility index (Phi) is 5.80. The molecule has 0 aromatic heterocycles. The van der Waals surface area contributed by atoms with Crippen molar-refractivity contribution in [1.82, 2.24) is 5.32 Å². The van der Waals surface area contributed by atoms with Crippen LogP contribution >= 0.6 is 0 Å². The fraction of sp³-hybridized carbons (Fsp3) is 0.300. The van der Waals surface area contributed by atoms with Gasteiger partial charge in [0.05, 0.1) is 14.2 Å². The number of carbonyl (C=O) groups is 2. The highest BCUT2D eigenvalue weighted by molar-refractivity contribution is 5.96. The molecule has 2 aromatic carbocycles. The third-order valence-corrected chi connectivity index (χ3v) is 4.47. The number of benzene rings is 2. The van der Waals surface area contributed by atoms with E-state index in [1.165, 1.54) is 0 Å². The number of methoxy groups -OCH3 is 2. The lowest BCUT2D eigenvalue weighted by Crippen LogP contribution is -2.34. The molecule has 1 aliphatic rings. The Hall–Kier alpha value is -3.22. The summed E-state index contributed by atoms with van der Waals surface area (Å²) in [4.78, 5) is 26.1. The second kappa shape index (κ2) is 8.44. The normalized spacial score (nSPS) is 16.1. The number of nitrogens with zero attached hydrogens (tertiary/aromatic N) is 1. The number of rotatable bonds is 6. The second-order valence-corrected chi connectivity index (χ2v) is 6.34. The van der Waals surface area contributed by atoms with Crippen molar-refractivity contribution < 1.29 is 19.1 Å². The average Bonchev–Trinajstić information content (AvgIpc) is 3.07. The number of anilines is 2. The molecule has 1 heterocycles. The van der Waals surface area contributed by atoms with Crippen LogP contribution in [0.3, 0.4) is 0 Å². The highest BCUT2D eigenvalue weighted by Crippen LogP contribution is 2.26. The van der Waals surface area contributed by atoms with E-state index in [1.54, 1.807) is 43.4 Å². The lowest BCUT2D eigenvalue weighted by molar-refractivity contribution is -0.117. The largest absolute Gasteiger partial charge is 0.497 e. The van der Waals surface area contributed by atoms with Gasteiger partial charge in [-0.1, -0.05) is 6.07 Å². The summed E-state index contributed by atoms with van der Waals surface area (Å²) in [5, 5.41) is 5.60. The van der Waals surface area contributed by atoms with Crippen LogP contribution < -0.4 is 25.0 Å². The van der Waals surface area contributed by atoms with Crippen molar-refractivity contribution in [3.63, 3.8) is 0 Å². The first kappa shape index (κ1) is 18.6. The highest BCUT2D eigenvalue weighted by atomic mass is 16.5. The fourth-order valence-corrected chi connectivity index (χ4v) is 3.04. The highest BCUT2D eigenvalue weighted by Gasteiger charge is 2.30. The predicted molar refractivity (Wildman–Crippen MR) is 103 cm³/mol. The maximum absolute atomic E-state index is 12.3. The zero-order valence-electron chi connectivity index (χ0n) is 15.4. The SMILES string of the molecule is COc1ccc(N2C[C@@H](CNC(=O)Nc3cccc(OC)c3)CC2=O)cc1. The van der Waals surface area contributed by atoms with E-state index in [-0.39, 0.29) is 17.9 Å². The van der Waals surface area contributed by atoms with E-state index in [4.69, 9.17) is 9.47 Å². The molecule has 1 atom stereocenters. The zero-order chi connectivity index (χ0) is 19.2. The quantitative estimate of drug-likeness (QED) is 0.821. The number of urea groups is 1. The van der Waals surface area contributed by atoms with Gasteiger partial charge in [0.1, 0.15) is 11.5 Å². The Morgan fingerprint density at radius 1 is 1.11 bits per heavy atom. The minimum atomic E-state index is -0.307. The average molecular weight is 369 g/mol. The van der Waals surface area contributed by atoms with Gasteiger partial charge in [-0.25, -0.2) is 4.79 Å². The van der Waals surface area contributed by atoms with Crippen molar-refractivity contribution in [1.29, 1.82) is 0 Å². The molecule has 3 amide bonds. The van der Waals surface area contributed by atoms with E-state index in [9.17, 15) is 9.59 Å². The first-order valence-electron chi connectivity index (χ1n) is 8.72. The molecule has 0 radical (unpaired) electrons. The molecule has 1 aliphatic heterocycles. The van der Waals surface area contributed by atoms with Gasteiger partial charge < -0.3 is 25.0 Å². The Morgan fingerprint density at radius 3 is 2.56 bits per heavy atom. The number of amides is 3. The zero-order valence-corrected chi connectivity index (χ0v) is 15.4. The Bertz CT molecular complexity index is 807. The number of hydrogen-bond acceptors (Lipinski definition) is 4. The van der Waals surface area contributed by atoms with Crippen LogP contribution in [0.25, 0.3) is 0 Å². The van der Waals surface area contributed by atoms with Crippen LogP contribution in [0.1, 0.15) is 6.42 Å². The van der Waals surface area contributed by atoms with E-state index in [1.807, 2.05) is 24.3 Å². The molecule has 7 heteroatoms. The lowest BCUT2D eigenvalue weighted by atomic mass is 10.1. The van der Waals surface area contributed by atoms with E-state index in [0.717, 1.165) is 11.4 Å². The molecule has 0 saturated carbocycles. The molecule has 1 fully saturated rings. The number of nitrogens with one attached hydrogen (secondary N) is 2. The fourth-order valence-electron chi connectivity index (χ4n) is 3.04. The van der Waals surface area contributed by atoms with Crippen molar-refractivity contribution in [3.8, 4) is 11.5 Å². The molecule has 0 bridgehead atoms. The molecule has 0 unspecified atom stereocenters. The summed E-state index contributed by atoms with van der Waals surface area (Å²) in [5.41, 5.74) is 1.48. The first-order valence-corrected chi connectivity index (χ1v) is 8.72. The van der Waals surface area contributed by atoms with Crippen LogP contribution in [0.2, 0.25) is 0 Å². The van der Waals surface area contributed by atoms with Crippen LogP contribution in [0.4, 0.5) is 16.2 Å². The summed E-state index contributed by atoms with van der Waals surface area (Å²) >= 11 is 0. The van der Waals surface area contributed by atoms with Gasteiger partial charge in [-0.3, -0.25) is 4.79 Å². The van der Waals surface area contributed by atoms with E-state index in [0.29, 0.717) is 30.9 Å². The van der Waals surface area contributed by atoms with Gasteiger partial charge in [0, 0.05) is 42.9 Å². The topological polar surface area (TPSA) is 79.9 Å². The molecule has 0 aliphatic carbocycles. The first-order chi connectivity index (χ1) is 13.1. The van der Waals surface area contributed by atoms with Gasteiger partial charge in [-0.15, -0.1) is 0 Å². The van der Waals surface area contributed by atoms with Gasteiger partial charge in [-0.05, 0) is 36.4 Å². The molecular weight excluding hydrogens is 346 g/mol. The summed E-state index contributed by atoms with van der Waals surface area (Å²) in [6.07, 6.45) is 0.408. The standard InChI is InChI=1S/C20H23N3O4/c1-26-17-8-6-16(7-9-17)23-13-14(10-19(23)24)12-21-20(25)22-15-4-3-5-18(11-15)27-2/h3-9,11,14H,10,12-13H2,1-2H3,(H2,21,22,25)/t14-/m1/s1. The van der Waals surface area contributed by atoms with Crippen molar-refractivity contribution in [2.75, 3.05) is 37.5 Å².